The molecule has 0 saturated carbocycles. The Hall–Kier alpha value is -3.35. The molecule has 2 atom stereocenters. The van der Waals surface area contributed by atoms with Crippen molar-refractivity contribution in [1.29, 1.82) is 0 Å². The van der Waals surface area contributed by atoms with E-state index in [2.05, 4.69) is 16.0 Å². The molecule has 138 valence electrons. The molecular weight excluding hydrogens is 344 g/mol. The predicted octanol–water partition coefficient (Wildman–Crippen LogP) is 1.13. The molecule has 3 amide bonds. The van der Waals surface area contributed by atoms with Crippen LogP contribution >= 0.6 is 0 Å². The van der Waals surface area contributed by atoms with Crippen LogP contribution < -0.4 is 20.9 Å². The highest BCUT2D eigenvalue weighted by Crippen LogP contribution is 2.36. The molecule has 0 spiro atoms. The van der Waals surface area contributed by atoms with Gasteiger partial charge in [0.2, 0.25) is 11.8 Å². The van der Waals surface area contributed by atoms with E-state index in [4.69, 9.17) is 0 Å². The van der Waals surface area contributed by atoms with Gasteiger partial charge >= 0.3 is 0 Å². The molecule has 2 heterocycles. The van der Waals surface area contributed by atoms with Gasteiger partial charge in [-0.05, 0) is 30.7 Å². The molecule has 1 saturated heterocycles. The van der Waals surface area contributed by atoms with Crippen molar-refractivity contribution in [1.82, 2.24) is 10.6 Å². The number of anilines is 2. The lowest BCUT2D eigenvalue weighted by atomic mass is 10.1. The van der Waals surface area contributed by atoms with Crippen molar-refractivity contribution in [3.63, 3.8) is 0 Å². The van der Waals surface area contributed by atoms with E-state index >= 15 is 0 Å². The fourth-order valence-corrected chi connectivity index (χ4v) is 3.63. The average Bonchev–Trinajstić information content (AvgIpc) is 3.11. The largest absolute Gasteiger partial charge is 0.356 e. The zero-order chi connectivity index (χ0) is 18.8. The monoisotopic (exact) mass is 364 g/mol. The number of amides is 3. The Balaban J connectivity index is 1.34. The minimum atomic E-state index is -0.289. The molecule has 4 rings (SSSR count). The van der Waals surface area contributed by atoms with Gasteiger partial charge in [-0.2, -0.15) is 0 Å². The standard InChI is InChI=1S/C20H20N4O3/c25-18(11-21-19(26)13-6-2-1-3-7-13)22-14-10-17-20(27)23-15-8-4-5-9-16(15)24(17)12-14/h1-9,14,17H,10-12H2,(H,21,26)(H,22,25)(H,23,27). The summed E-state index contributed by atoms with van der Waals surface area (Å²) in [7, 11) is 0. The zero-order valence-electron chi connectivity index (χ0n) is 14.6. The van der Waals surface area contributed by atoms with Crippen LogP contribution in [-0.2, 0) is 9.59 Å². The third-order valence-electron chi connectivity index (χ3n) is 4.89. The summed E-state index contributed by atoms with van der Waals surface area (Å²) in [6.45, 7) is 0.463. The molecule has 2 aliphatic heterocycles. The Labute approximate surface area is 156 Å². The number of benzene rings is 2. The Bertz CT molecular complexity index is 884. The van der Waals surface area contributed by atoms with E-state index in [1.54, 1.807) is 24.3 Å². The predicted molar refractivity (Wildman–Crippen MR) is 102 cm³/mol. The summed E-state index contributed by atoms with van der Waals surface area (Å²) in [5, 5.41) is 8.45. The van der Waals surface area contributed by atoms with Gasteiger partial charge in [0.25, 0.3) is 5.91 Å². The molecule has 0 radical (unpaired) electrons. The van der Waals surface area contributed by atoms with Crippen LogP contribution in [0.25, 0.3) is 0 Å². The van der Waals surface area contributed by atoms with Gasteiger partial charge in [-0.1, -0.05) is 30.3 Å². The van der Waals surface area contributed by atoms with Crippen molar-refractivity contribution in [2.24, 2.45) is 0 Å². The van der Waals surface area contributed by atoms with Crippen LogP contribution in [0.2, 0.25) is 0 Å². The number of fused-ring (bicyclic) bond motifs is 3. The number of nitrogens with zero attached hydrogens (tertiary/aromatic N) is 1. The van der Waals surface area contributed by atoms with Crippen LogP contribution in [0, 0.1) is 0 Å². The van der Waals surface area contributed by atoms with Crippen molar-refractivity contribution < 1.29 is 14.4 Å². The summed E-state index contributed by atoms with van der Waals surface area (Å²) in [4.78, 5) is 38.6. The second-order valence-corrected chi connectivity index (χ2v) is 6.72. The van der Waals surface area contributed by atoms with Crippen molar-refractivity contribution in [3.05, 3.63) is 60.2 Å². The number of hydrogen-bond acceptors (Lipinski definition) is 4. The van der Waals surface area contributed by atoms with Crippen molar-refractivity contribution in [2.45, 2.75) is 18.5 Å². The van der Waals surface area contributed by atoms with Gasteiger partial charge in [-0.15, -0.1) is 0 Å². The topological polar surface area (TPSA) is 90.5 Å². The first-order chi connectivity index (χ1) is 13.1. The van der Waals surface area contributed by atoms with Crippen molar-refractivity contribution in [2.75, 3.05) is 23.3 Å². The molecule has 0 bridgehead atoms. The van der Waals surface area contributed by atoms with Gasteiger partial charge in [0.1, 0.15) is 6.04 Å². The first kappa shape index (κ1) is 17.1. The third-order valence-corrected chi connectivity index (χ3v) is 4.89. The number of para-hydroxylation sites is 2. The molecule has 2 aromatic rings. The summed E-state index contributed by atoms with van der Waals surface area (Å²) in [5.41, 5.74) is 2.27. The molecule has 2 aliphatic rings. The van der Waals surface area contributed by atoms with Gasteiger partial charge < -0.3 is 20.9 Å². The summed E-state index contributed by atoms with van der Waals surface area (Å²) in [6.07, 6.45) is 0.540. The number of carbonyl (C=O) groups excluding carboxylic acids is 3. The third kappa shape index (κ3) is 3.48. The molecule has 0 aromatic heterocycles. The molecule has 2 unspecified atom stereocenters. The van der Waals surface area contributed by atoms with Crippen LogP contribution in [0.1, 0.15) is 16.8 Å². The van der Waals surface area contributed by atoms with Crippen molar-refractivity contribution in [3.8, 4) is 0 Å². The molecule has 27 heavy (non-hydrogen) atoms. The van der Waals surface area contributed by atoms with Gasteiger partial charge in [-0.3, -0.25) is 14.4 Å². The van der Waals surface area contributed by atoms with Crippen LogP contribution in [0.15, 0.2) is 54.6 Å². The second kappa shape index (κ2) is 7.11. The van der Waals surface area contributed by atoms with Gasteiger partial charge in [0.15, 0.2) is 0 Å². The quantitative estimate of drug-likeness (QED) is 0.759. The molecular formula is C20H20N4O3. The molecule has 0 aliphatic carbocycles. The van der Waals surface area contributed by atoms with E-state index < -0.39 is 0 Å². The van der Waals surface area contributed by atoms with E-state index in [0.717, 1.165) is 11.4 Å². The maximum atomic E-state index is 12.3. The van der Waals surface area contributed by atoms with Crippen LogP contribution in [-0.4, -0.2) is 42.9 Å². The molecule has 3 N–H and O–H groups in total. The summed E-state index contributed by atoms with van der Waals surface area (Å²) < 4.78 is 0. The molecule has 7 heteroatoms. The Morgan fingerprint density at radius 3 is 2.63 bits per heavy atom. The lowest BCUT2D eigenvalue weighted by molar-refractivity contribution is -0.121. The van der Waals surface area contributed by atoms with E-state index in [0.29, 0.717) is 18.5 Å². The normalized spacial score (nSPS) is 20.3. The van der Waals surface area contributed by atoms with Crippen LogP contribution in [0.3, 0.4) is 0 Å². The van der Waals surface area contributed by atoms with Gasteiger partial charge in [-0.25, -0.2) is 0 Å². The summed E-state index contributed by atoms with van der Waals surface area (Å²) in [5.74, 6) is -0.608. The second-order valence-electron chi connectivity index (χ2n) is 6.72. The molecule has 7 nitrogen and oxygen atoms in total. The summed E-state index contributed by atoms with van der Waals surface area (Å²) in [6, 6.07) is 16.0. The molecule has 2 aromatic carbocycles. The van der Waals surface area contributed by atoms with E-state index in [1.807, 2.05) is 35.2 Å². The highest BCUT2D eigenvalue weighted by atomic mass is 16.2. The Morgan fingerprint density at radius 2 is 1.81 bits per heavy atom. The average molecular weight is 364 g/mol. The smallest absolute Gasteiger partial charge is 0.251 e. The Kier molecular flexibility index (Phi) is 4.50. The summed E-state index contributed by atoms with van der Waals surface area (Å²) >= 11 is 0. The van der Waals surface area contributed by atoms with Gasteiger partial charge in [0, 0.05) is 18.2 Å². The maximum Gasteiger partial charge on any atom is 0.251 e. The lowest BCUT2D eigenvalue weighted by Crippen LogP contribution is -2.44. The first-order valence-electron chi connectivity index (χ1n) is 8.91. The number of nitrogens with one attached hydrogen (secondary N) is 3. The fraction of sp³-hybridized carbons (Fsp3) is 0.250. The zero-order valence-corrected chi connectivity index (χ0v) is 14.6. The molecule has 1 fully saturated rings. The highest BCUT2D eigenvalue weighted by Gasteiger charge is 2.41. The van der Waals surface area contributed by atoms with Crippen molar-refractivity contribution >= 4 is 29.1 Å². The van der Waals surface area contributed by atoms with E-state index in [-0.39, 0.29) is 36.3 Å². The minimum Gasteiger partial charge on any atom is -0.356 e. The van der Waals surface area contributed by atoms with E-state index in [1.165, 1.54) is 0 Å². The highest BCUT2D eigenvalue weighted by molar-refractivity contribution is 6.04. The SMILES string of the molecule is O=C(CNC(=O)c1ccccc1)NC1CC2C(=O)Nc3ccccc3N2C1. The lowest BCUT2D eigenvalue weighted by Gasteiger charge is -2.32. The minimum absolute atomic E-state index is 0.0529. The van der Waals surface area contributed by atoms with Gasteiger partial charge in [0.05, 0.1) is 17.9 Å². The van der Waals surface area contributed by atoms with Crippen LogP contribution in [0.4, 0.5) is 11.4 Å². The van der Waals surface area contributed by atoms with E-state index in [9.17, 15) is 14.4 Å². The number of hydrogen-bond donors (Lipinski definition) is 3. The first-order valence-corrected chi connectivity index (χ1v) is 8.91. The number of rotatable bonds is 4. The number of carbonyl (C=O) groups is 3. The Morgan fingerprint density at radius 1 is 1.07 bits per heavy atom. The maximum absolute atomic E-state index is 12.3. The fourth-order valence-electron chi connectivity index (χ4n) is 3.63. The van der Waals surface area contributed by atoms with Crippen LogP contribution in [0.5, 0.6) is 0 Å².